The average molecular weight is 437 g/mol. The summed E-state index contributed by atoms with van der Waals surface area (Å²) in [6, 6.07) is 0. The first kappa shape index (κ1) is 28.5. The standard InChI is InChI=1S/C29H56O2/c1-2-3-4-5-6-7-8-9-10-11-12-13-14-15-16-17-18-19-20-21-22-23-24-25-28-26-27-29(30)31-28/h28H,2-27H2,1H3. The van der Waals surface area contributed by atoms with Gasteiger partial charge in [-0.2, -0.15) is 0 Å². The fraction of sp³-hybridized carbons (Fsp3) is 0.966. The van der Waals surface area contributed by atoms with Gasteiger partial charge in [-0.15, -0.1) is 0 Å². The lowest BCUT2D eigenvalue weighted by Gasteiger charge is -2.08. The molecule has 1 heterocycles. The Kier molecular flexibility index (Phi) is 20.8. The first-order valence-corrected chi connectivity index (χ1v) is 14.5. The van der Waals surface area contributed by atoms with Gasteiger partial charge in [-0.25, -0.2) is 0 Å². The van der Waals surface area contributed by atoms with Gasteiger partial charge < -0.3 is 4.74 Å². The van der Waals surface area contributed by atoms with Crippen LogP contribution in [-0.4, -0.2) is 12.1 Å². The lowest BCUT2D eigenvalue weighted by atomic mass is 10.0. The van der Waals surface area contributed by atoms with Gasteiger partial charge in [-0.1, -0.05) is 148 Å². The van der Waals surface area contributed by atoms with E-state index in [-0.39, 0.29) is 12.1 Å². The number of carbonyl (C=O) groups excluding carboxylic acids is 1. The molecule has 0 aromatic rings. The summed E-state index contributed by atoms with van der Waals surface area (Å²) in [7, 11) is 0. The summed E-state index contributed by atoms with van der Waals surface area (Å²) in [5, 5.41) is 0. The normalized spacial score (nSPS) is 16.2. The van der Waals surface area contributed by atoms with E-state index in [0.29, 0.717) is 6.42 Å². The van der Waals surface area contributed by atoms with Crippen LogP contribution < -0.4 is 0 Å². The summed E-state index contributed by atoms with van der Waals surface area (Å²) in [6.07, 6.45) is 35.9. The van der Waals surface area contributed by atoms with Crippen molar-refractivity contribution in [1.82, 2.24) is 0 Å². The molecule has 0 N–H and O–H groups in total. The number of rotatable bonds is 24. The van der Waals surface area contributed by atoms with Crippen molar-refractivity contribution in [3.63, 3.8) is 0 Å². The van der Waals surface area contributed by atoms with Crippen molar-refractivity contribution < 1.29 is 9.53 Å². The van der Waals surface area contributed by atoms with E-state index in [1.54, 1.807) is 0 Å². The van der Waals surface area contributed by atoms with Crippen LogP contribution in [0, 0.1) is 0 Å². The Balaban J connectivity index is 1.63. The molecule has 2 heteroatoms. The predicted molar refractivity (Wildman–Crippen MR) is 136 cm³/mol. The molecule has 1 saturated heterocycles. The minimum Gasteiger partial charge on any atom is -0.462 e. The lowest BCUT2D eigenvalue weighted by Crippen LogP contribution is -2.06. The van der Waals surface area contributed by atoms with Crippen LogP contribution >= 0.6 is 0 Å². The fourth-order valence-electron chi connectivity index (χ4n) is 4.94. The zero-order valence-electron chi connectivity index (χ0n) is 21.3. The minimum absolute atomic E-state index is 0.0130. The number of hydrogen-bond donors (Lipinski definition) is 0. The van der Waals surface area contributed by atoms with Crippen LogP contribution in [0.1, 0.15) is 174 Å². The molecule has 0 bridgehead atoms. The molecular formula is C29H56O2. The van der Waals surface area contributed by atoms with Gasteiger partial charge in [0.1, 0.15) is 6.10 Å². The third-order valence-corrected chi connectivity index (χ3v) is 7.10. The van der Waals surface area contributed by atoms with Gasteiger partial charge in [0, 0.05) is 6.42 Å². The van der Waals surface area contributed by atoms with Crippen LogP contribution in [0.5, 0.6) is 0 Å². The maximum Gasteiger partial charge on any atom is 0.306 e. The Morgan fingerprint density at radius 3 is 1.16 bits per heavy atom. The van der Waals surface area contributed by atoms with Crippen LogP contribution in [0.2, 0.25) is 0 Å². The molecule has 1 aliphatic rings. The van der Waals surface area contributed by atoms with Gasteiger partial charge in [-0.05, 0) is 19.3 Å². The van der Waals surface area contributed by atoms with Crippen molar-refractivity contribution in [2.45, 2.75) is 180 Å². The molecule has 1 unspecified atom stereocenters. The molecule has 1 fully saturated rings. The zero-order chi connectivity index (χ0) is 22.2. The molecule has 31 heavy (non-hydrogen) atoms. The quantitative estimate of drug-likeness (QED) is 0.111. The van der Waals surface area contributed by atoms with Crippen molar-refractivity contribution >= 4 is 5.97 Å². The van der Waals surface area contributed by atoms with Gasteiger partial charge in [0.05, 0.1) is 0 Å². The predicted octanol–water partition coefficient (Wildman–Crippen LogP) is 10.1. The molecule has 0 saturated carbocycles. The summed E-state index contributed by atoms with van der Waals surface area (Å²) in [5.41, 5.74) is 0. The van der Waals surface area contributed by atoms with E-state index in [1.165, 1.54) is 148 Å². The number of carbonyl (C=O) groups is 1. The van der Waals surface area contributed by atoms with Crippen LogP contribution in [0.25, 0.3) is 0 Å². The Bertz CT molecular complexity index is 379. The molecule has 0 amide bonds. The third kappa shape index (κ3) is 19.9. The summed E-state index contributed by atoms with van der Waals surface area (Å²) in [6.45, 7) is 2.30. The summed E-state index contributed by atoms with van der Waals surface area (Å²) < 4.78 is 5.27. The van der Waals surface area contributed by atoms with E-state index >= 15 is 0 Å². The molecule has 1 rings (SSSR count). The van der Waals surface area contributed by atoms with Gasteiger partial charge in [0.25, 0.3) is 0 Å². The largest absolute Gasteiger partial charge is 0.462 e. The number of hydrogen-bond acceptors (Lipinski definition) is 2. The molecule has 0 radical (unpaired) electrons. The molecule has 0 aromatic carbocycles. The Hall–Kier alpha value is -0.530. The monoisotopic (exact) mass is 436 g/mol. The first-order chi connectivity index (χ1) is 15.3. The van der Waals surface area contributed by atoms with E-state index in [1.807, 2.05) is 0 Å². The number of unbranched alkanes of at least 4 members (excludes halogenated alkanes) is 22. The van der Waals surface area contributed by atoms with Crippen LogP contribution in [0.15, 0.2) is 0 Å². The molecule has 184 valence electrons. The van der Waals surface area contributed by atoms with Gasteiger partial charge in [0.15, 0.2) is 0 Å². The molecule has 0 aliphatic carbocycles. The molecule has 0 spiro atoms. The fourth-order valence-corrected chi connectivity index (χ4v) is 4.94. The smallest absolute Gasteiger partial charge is 0.306 e. The summed E-state index contributed by atoms with van der Waals surface area (Å²) >= 11 is 0. The highest BCUT2D eigenvalue weighted by Crippen LogP contribution is 2.20. The van der Waals surface area contributed by atoms with Gasteiger partial charge in [-0.3, -0.25) is 4.79 Å². The highest BCUT2D eigenvalue weighted by atomic mass is 16.5. The number of ether oxygens (including phenoxy) is 1. The molecule has 2 nitrogen and oxygen atoms in total. The zero-order valence-corrected chi connectivity index (χ0v) is 21.3. The highest BCUT2D eigenvalue weighted by Gasteiger charge is 2.22. The minimum atomic E-state index is 0.0130. The SMILES string of the molecule is CCCCCCCCCCCCCCCCCCCCCCCCCC1CCC(=O)O1. The van der Waals surface area contributed by atoms with Crippen LogP contribution in [-0.2, 0) is 9.53 Å². The molecule has 0 aromatic heterocycles. The van der Waals surface area contributed by atoms with Crippen molar-refractivity contribution in [1.29, 1.82) is 0 Å². The molecule has 1 atom stereocenters. The van der Waals surface area contributed by atoms with Crippen molar-refractivity contribution in [3.8, 4) is 0 Å². The Labute approximate surface area is 195 Å². The van der Waals surface area contributed by atoms with Crippen molar-refractivity contribution in [2.24, 2.45) is 0 Å². The van der Waals surface area contributed by atoms with Crippen molar-refractivity contribution in [3.05, 3.63) is 0 Å². The van der Waals surface area contributed by atoms with E-state index in [4.69, 9.17) is 4.74 Å². The van der Waals surface area contributed by atoms with E-state index in [9.17, 15) is 4.79 Å². The Morgan fingerprint density at radius 2 is 0.871 bits per heavy atom. The van der Waals surface area contributed by atoms with E-state index in [0.717, 1.165) is 12.8 Å². The maximum absolute atomic E-state index is 11.1. The molecular weight excluding hydrogens is 380 g/mol. The van der Waals surface area contributed by atoms with Crippen LogP contribution in [0.3, 0.4) is 0 Å². The average Bonchev–Trinajstić information content (AvgIpc) is 3.19. The van der Waals surface area contributed by atoms with E-state index < -0.39 is 0 Å². The first-order valence-electron chi connectivity index (χ1n) is 14.5. The highest BCUT2D eigenvalue weighted by molar-refractivity contribution is 5.71. The molecule has 1 aliphatic heterocycles. The number of cyclic esters (lactones) is 1. The van der Waals surface area contributed by atoms with Crippen LogP contribution in [0.4, 0.5) is 0 Å². The maximum atomic E-state index is 11.1. The second-order valence-electron chi connectivity index (χ2n) is 10.2. The number of esters is 1. The summed E-state index contributed by atoms with van der Waals surface area (Å²) in [5.74, 6) is 0.0130. The topological polar surface area (TPSA) is 26.3 Å². The van der Waals surface area contributed by atoms with Crippen molar-refractivity contribution in [2.75, 3.05) is 0 Å². The van der Waals surface area contributed by atoms with Gasteiger partial charge >= 0.3 is 5.97 Å². The lowest BCUT2D eigenvalue weighted by molar-refractivity contribution is -0.141. The second-order valence-corrected chi connectivity index (χ2v) is 10.2. The van der Waals surface area contributed by atoms with E-state index in [2.05, 4.69) is 6.92 Å². The van der Waals surface area contributed by atoms with Gasteiger partial charge in [0.2, 0.25) is 0 Å². The summed E-state index contributed by atoms with van der Waals surface area (Å²) in [4.78, 5) is 11.1. The Morgan fingerprint density at radius 1 is 0.548 bits per heavy atom. The second kappa shape index (κ2) is 22.7. The third-order valence-electron chi connectivity index (χ3n) is 7.10.